The van der Waals surface area contributed by atoms with Gasteiger partial charge in [0.1, 0.15) is 0 Å². The minimum absolute atomic E-state index is 0.0240. The molecule has 1 aliphatic rings. The summed E-state index contributed by atoms with van der Waals surface area (Å²) in [4.78, 5) is 27.9. The Morgan fingerprint density at radius 2 is 1.77 bits per heavy atom. The second-order valence-electron chi connectivity index (χ2n) is 7.52. The summed E-state index contributed by atoms with van der Waals surface area (Å²) in [6, 6.07) is 9.32. The Bertz CT molecular complexity index is 731. The molecule has 1 aromatic carbocycles. The van der Waals surface area contributed by atoms with Crippen molar-refractivity contribution >= 4 is 12.1 Å². The number of carbonyl (C=O) groups excluding carboxylic acids is 2. The van der Waals surface area contributed by atoms with Crippen molar-refractivity contribution in [3.8, 4) is 11.8 Å². The summed E-state index contributed by atoms with van der Waals surface area (Å²) in [6.45, 7) is 6.62. The lowest BCUT2D eigenvalue weighted by atomic mass is 9.71. The predicted molar refractivity (Wildman–Crippen MR) is 117 cm³/mol. The van der Waals surface area contributed by atoms with Crippen LogP contribution in [0.4, 0.5) is 4.79 Å². The van der Waals surface area contributed by atoms with Gasteiger partial charge in [-0.25, -0.2) is 9.59 Å². The molecule has 1 aromatic rings. The Morgan fingerprint density at radius 3 is 2.37 bits per heavy atom. The number of rotatable bonds is 8. The molecule has 0 heterocycles. The highest BCUT2D eigenvalue weighted by atomic mass is 16.6. The third kappa shape index (κ3) is 5.99. The van der Waals surface area contributed by atoms with Crippen LogP contribution >= 0.6 is 0 Å². The monoisotopic (exact) mass is 414 g/mol. The van der Waals surface area contributed by atoms with Crippen LogP contribution in [-0.2, 0) is 19.8 Å². The van der Waals surface area contributed by atoms with Crippen molar-refractivity contribution in [3.05, 3.63) is 35.9 Å². The average Bonchev–Trinajstić information content (AvgIpc) is 2.80. The van der Waals surface area contributed by atoms with Crippen LogP contribution in [0.3, 0.4) is 0 Å². The highest BCUT2D eigenvalue weighted by Crippen LogP contribution is 2.40. The number of nitrogens with zero attached hydrogens (tertiary/aromatic N) is 1. The molecule has 1 aliphatic carbocycles. The fourth-order valence-corrected chi connectivity index (χ4v) is 4.11. The van der Waals surface area contributed by atoms with Gasteiger partial charge in [-0.05, 0) is 37.4 Å². The largest absolute Gasteiger partial charge is 0.467 e. The Labute approximate surface area is 180 Å². The maximum Gasteiger partial charge on any atom is 0.409 e. The van der Waals surface area contributed by atoms with Gasteiger partial charge in [-0.2, -0.15) is 0 Å². The molecule has 1 N–H and O–H groups in total. The van der Waals surface area contributed by atoms with Gasteiger partial charge in [-0.1, -0.05) is 75.3 Å². The van der Waals surface area contributed by atoms with E-state index >= 15 is 0 Å². The summed E-state index contributed by atoms with van der Waals surface area (Å²) in [5.74, 6) is 5.37. The molecule has 30 heavy (non-hydrogen) atoms. The van der Waals surface area contributed by atoms with Gasteiger partial charge in [0.25, 0.3) is 0 Å². The minimum atomic E-state index is -1.26. The molecule has 6 heteroatoms. The zero-order chi connectivity index (χ0) is 21.8. The number of hydrogen-bond acceptors (Lipinski definition) is 5. The second kappa shape index (κ2) is 12.2. The van der Waals surface area contributed by atoms with Crippen molar-refractivity contribution in [2.75, 3.05) is 33.4 Å². The van der Waals surface area contributed by atoms with Gasteiger partial charge in [0, 0.05) is 0 Å². The lowest BCUT2D eigenvalue weighted by molar-refractivity contribution is -0.152. The Kier molecular flexibility index (Phi) is 9.69. The van der Waals surface area contributed by atoms with Crippen molar-refractivity contribution in [2.24, 2.45) is 5.92 Å². The maximum atomic E-state index is 13.1. The van der Waals surface area contributed by atoms with Crippen molar-refractivity contribution in [1.29, 1.82) is 0 Å². The quantitative estimate of drug-likeness (QED) is 0.519. The van der Waals surface area contributed by atoms with E-state index in [0.29, 0.717) is 12.1 Å². The van der Waals surface area contributed by atoms with Gasteiger partial charge in [0.2, 0.25) is 0 Å². The van der Waals surface area contributed by atoms with Crippen molar-refractivity contribution in [3.63, 3.8) is 0 Å². The van der Waals surface area contributed by atoms with E-state index in [0.717, 1.165) is 45.2 Å². The normalized spacial score (nSPS) is 16.1. The SMILES string of the molecule is CCN(CC)CC#CCOC(=O)NC(C(=O)OC)(c1ccccc1)C1CCCCC1. The van der Waals surface area contributed by atoms with Gasteiger partial charge in [0.15, 0.2) is 12.1 Å². The van der Waals surface area contributed by atoms with Gasteiger partial charge in [-0.15, -0.1) is 0 Å². The summed E-state index contributed by atoms with van der Waals surface area (Å²) in [7, 11) is 1.36. The highest BCUT2D eigenvalue weighted by Gasteiger charge is 2.50. The average molecular weight is 415 g/mol. The molecule has 1 amide bonds. The number of hydrogen-bond donors (Lipinski definition) is 1. The van der Waals surface area contributed by atoms with Gasteiger partial charge in [-0.3, -0.25) is 4.90 Å². The molecule has 0 bridgehead atoms. The van der Waals surface area contributed by atoms with Crippen LogP contribution in [0, 0.1) is 17.8 Å². The first-order valence-electron chi connectivity index (χ1n) is 10.8. The van der Waals surface area contributed by atoms with Crippen LogP contribution in [0.1, 0.15) is 51.5 Å². The molecular formula is C24H34N2O4. The number of esters is 1. The molecular weight excluding hydrogens is 380 g/mol. The van der Waals surface area contributed by atoms with Crippen LogP contribution in [-0.4, -0.2) is 50.3 Å². The zero-order valence-corrected chi connectivity index (χ0v) is 18.4. The van der Waals surface area contributed by atoms with E-state index in [1.165, 1.54) is 7.11 Å². The Morgan fingerprint density at radius 1 is 1.10 bits per heavy atom. The van der Waals surface area contributed by atoms with E-state index in [1.807, 2.05) is 30.3 Å². The zero-order valence-electron chi connectivity index (χ0n) is 18.4. The molecule has 2 rings (SSSR count). The smallest absolute Gasteiger partial charge is 0.409 e. The molecule has 6 nitrogen and oxygen atoms in total. The van der Waals surface area contributed by atoms with E-state index in [9.17, 15) is 9.59 Å². The molecule has 1 saturated carbocycles. The van der Waals surface area contributed by atoms with Gasteiger partial charge in [0.05, 0.1) is 13.7 Å². The third-order valence-electron chi connectivity index (χ3n) is 5.85. The van der Waals surface area contributed by atoms with Crippen LogP contribution in [0.15, 0.2) is 30.3 Å². The molecule has 1 fully saturated rings. The fraction of sp³-hybridized carbons (Fsp3) is 0.583. The van der Waals surface area contributed by atoms with Crippen LogP contribution in [0.5, 0.6) is 0 Å². The molecule has 0 spiro atoms. The Balaban J connectivity index is 2.17. The second-order valence-corrected chi connectivity index (χ2v) is 7.52. The Hall–Kier alpha value is -2.52. The molecule has 164 valence electrons. The molecule has 0 aliphatic heterocycles. The summed E-state index contributed by atoms with van der Waals surface area (Å²) in [5, 5.41) is 2.88. The lowest BCUT2D eigenvalue weighted by Gasteiger charge is -2.40. The van der Waals surface area contributed by atoms with Gasteiger partial charge >= 0.3 is 12.1 Å². The van der Waals surface area contributed by atoms with Crippen molar-refractivity contribution in [1.82, 2.24) is 10.2 Å². The number of benzene rings is 1. The predicted octanol–water partition coefficient (Wildman–Crippen LogP) is 3.71. The van der Waals surface area contributed by atoms with Crippen molar-refractivity contribution in [2.45, 2.75) is 51.5 Å². The van der Waals surface area contributed by atoms with E-state index in [-0.39, 0.29) is 12.5 Å². The molecule has 0 radical (unpaired) electrons. The summed E-state index contributed by atoms with van der Waals surface area (Å²) < 4.78 is 10.5. The first-order valence-corrected chi connectivity index (χ1v) is 10.8. The summed E-state index contributed by atoms with van der Waals surface area (Å²) >= 11 is 0. The van der Waals surface area contributed by atoms with E-state index in [1.54, 1.807) is 0 Å². The number of ether oxygens (including phenoxy) is 2. The number of nitrogens with one attached hydrogen (secondary N) is 1. The van der Waals surface area contributed by atoms with E-state index in [2.05, 4.69) is 35.9 Å². The number of alkyl carbamates (subject to hydrolysis) is 1. The highest BCUT2D eigenvalue weighted by molar-refractivity contribution is 5.87. The molecule has 1 atom stereocenters. The summed E-state index contributed by atoms with van der Waals surface area (Å²) in [6.07, 6.45) is 4.19. The van der Waals surface area contributed by atoms with E-state index < -0.39 is 17.6 Å². The first-order chi connectivity index (χ1) is 14.6. The van der Waals surface area contributed by atoms with Crippen LogP contribution in [0.25, 0.3) is 0 Å². The molecule has 0 saturated heterocycles. The fourth-order valence-electron chi connectivity index (χ4n) is 4.11. The first kappa shape index (κ1) is 23.8. The maximum absolute atomic E-state index is 13.1. The van der Waals surface area contributed by atoms with E-state index in [4.69, 9.17) is 9.47 Å². The van der Waals surface area contributed by atoms with Gasteiger partial charge < -0.3 is 14.8 Å². The topological polar surface area (TPSA) is 67.9 Å². The number of methoxy groups -OCH3 is 1. The number of amides is 1. The van der Waals surface area contributed by atoms with Crippen LogP contribution < -0.4 is 5.32 Å². The van der Waals surface area contributed by atoms with Crippen LogP contribution in [0.2, 0.25) is 0 Å². The van der Waals surface area contributed by atoms with Crippen molar-refractivity contribution < 1.29 is 19.1 Å². The molecule has 0 aromatic heterocycles. The standard InChI is InChI=1S/C24H34N2O4/c1-4-26(5-2)18-12-13-19-30-23(28)25-24(22(27)29-3,20-14-8-6-9-15-20)21-16-10-7-11-17-21/h6,8-9,14-15,21H,4-5,7,10-11,16-19H2,1-3H3,(H,25,28). The third-order valence-corrected chi connectivity index (χ3v) is 5.85. The minimum Gasteiger partial charge on any atom is -0.467 e. The number of carbonyl (C=O) groups is 2. The summed E-state index contributed by atoms with van der Waals surface area (Å²) in [5.41, 5.74) is -0.546. The molecule has 1 unspecified atom stereocenters. The lowest BCUT2D eigenvalue weighted by Crippen LogP contribution is -2.57.